The zero-order chi connectivity index (χ0) is 20.5. The fraction of sp³-hybridized carbons (Fsp3) is 0.500. The lowest BCUT2D eigenvalue weighted by Gasteiger charge is -2.33. The Bertz CT molecular complexity index is 931. The van der Waals surface area contributed by atoms with Crippen molar-refractivity contribution in [3.63, 3.8) is 0 Å². The maximum absolute atomic E-state index is 12.8. The smallest absolute Gasteiger partial charge is 0.227 e. The highest BCUT2D eigenvalue weighted by Crippen LogP contribution is 2.35. The topological polar surface area (TPSA) is 65.5 Å². The predicted molar refractivity (Wildman–Crippen MR) is 117 cm³/mol. The molecule has 6 nitrogen and oxygen atoms in total. The Kier molecular flexibility index (Phi) is 5.58. The fourth-order valence-corrected chi connectivity index (χ4v) is 5.36. The highest BCUT2D eigenvalue weighted by molar-refractivity contribution is 7.15. The maximum Gasteiger partial charge on any atom is 0.227 e. The summed E-state index contributed by atoms with van der Waals surface area (Å²) in [6.45, 7) is 8.86. The molecule has 0 radical (unpaired) electrons. The largest absolute Gasteiger partial charge is 0.345 e. The molecule has 0 bridgehead atoms. The van der Waals surface area contributed by atoms with Gasteiger partial charge in [0.05, 0.1) is 5.69 Å². The van der Waals surface area contributed by atoms with E-state index in [0.717, 1.165) is 67.5 Å². The molecule has 2 aromatic rings. The number of hydrogen-bond acceptors (Lipinski definition) is 5. The number of nitrogens with one attached hydrogen (secondary N) is 1. The number of fused-ring (bicyclic) bond motifs is 1. The van der Waals surface area contributed by atoms with Crippen LogP contribution in [0.3, 0.4) is 0 Å². The Hall–Kier alpha value is -2.41. The number of piperazine rings is 1. The van der Waals surface area contributed by atoms with Crippen LogP contribution in [0.4, 0.5) is 10.8 Å². The van der Waals surface area contributed by atoms with Crippen molar-refractivity contribution in [2.45, 2.75) is 40.0 Å². The molecule has 0 saturated carbocycles. The van der Waals surface area contributed by atoms with E-state index < -0.39 is 0 Å². The first kappa shape index (κ1) is 19.9. The number of carbonyl (C=O) groups is 2. The van der Waals surface area contributed by atoms with E-state index in [0.29, 0.717) is 0 Å². The van der Waals surface area contributed by atoms with E-state index >= 15 is 0 Å². The van der Waals surface area contributed by atoms with Crippen LogP contribution in [0, 0.1) is 19.8 Å². The minimum Gasteiger partial charge on any atom is -0.345 e. The molecule has 2 heterocycles. The number of carbonyl (C=O) groups excluding carboxylic acids is 2. The first-order chi connectivity index (χ1) is 13.9. The molecule has 1 aromatic carbocycles. The Morgan fingerprint density at radius 3 is 2.62 bits per heavy atom. The first-order valence-corrected chi connectivity index (χ1v) is 11.1. The minimum absolute atomic E-state index is 0.00827. The molecule has 1 saturated heterocycles. The molecule has 1 fully saturated rings. The van der Waals surface area contributed by atoms with Gasteiger partial charge < -0.3 is 15.1 Å². The van der Waals surface area contributed by atoms with E-state index in [-0.39, 0.29) is 17.7 Å². The van der Waals surface area contributed by atoms with Crippen molar-refractivity contribution in [2.24, 2.45) is 5.92 Å². The standard InChI is InChI=1S/C22H28N4O2S/c1-14-4-6-18(15(2)12-14)23-21(28)17-5-7-19-20(13-17)29-22(24-19)26-10-8-25(9-11-26)16(3)27/h4,6,12,17H,5,7-11,13H2,1-3H3,(H,23,28)/t17-/m1/s1. The van der Waals surface area contributed by atoms with Crippen LogP contribution in [0.1, 0.15) is 35.0 Å². The molecule has 1 aromatic heterocycles. The second-order valence-electron chi connectivity index (χ2n) is 8.11. The lowest BCUT2D eigenvalue weighted by molar-refractivity contribution is -0.129. The van der Waals surface area contributed by atoms with E-state index in [1.54, 1.807) is 18.3 Å². The summed E-state index contributed by atoms with van der Waals surface area (Å²) < 4.78 is 0. The van der Waals surface area contributed by atoms with Crippen LogP contribution in [0.15, 0.2) is 18.2 Å². The quantitative estimate of drug-likeness (QED) is 0.841. The molecule has 1 N–H and O–H groups in total. The van der Waals surface area contributed by atoms with Crippen molar-refractivity contribution < 1.29 is 9.59 Å². The highest BCUT2D eigenvalue weighted by Gasteiger charge is 2.29. The van der Waals surface area contributed by atoms with Crippen molar-refractivity contribution in [3.8, 4) is 0 Å². The van der Waals surface area contributed by atoms with Gasteiger partial charge >= 0.3 is 0 Å². The summed E-state index contributed by atoms with van der Waals surface area (Å²) in [5.74, 6) is 0.236. The summed E-state index contributed by atoms with van der Waals surface area (Å²) in [4.78, 5) is 34.6. The number of anilines is 2. The van der Waals surface area contributed by atoms with Crippen LogP contribution in [0.25, 0.3) is 0 Å². The van der Waals surface area contributed by atoms with Gasteiger partial charge in [0, 0.05) is 49.6 Å². The van der Waals surface area contributed by atoms with E-state index in [4.69, 9.17) is 4.98 Å². The van der Waals surface area contributed by atoms with Crippen molar-refractivity contribution in [3.05, 3.63) is 39.9 Å². The molecule has 1 aliphatic carbocycles. The highest BCUT2D eigenvalue weighted by atomic mass is 32.1. The van der Waals surface area contributed by atoms with Gasteiger partial charge in [0.2, 0.25) is 11.8 Å². The summed E-state index contributed by atoms with van der Waals surface area (Å²) in [6, 6.07) is 6.11. The third kappa shape index (κ3) is 4.29. The van der Waals surface area contributed by atoms with E-state index in [1.807, 2.05) is 24.0 Å². The van der Waals surface area contributed by atoms with Crippen LogP contribution in [0.5, 0.6) is 0 Å². The van der Waals surface area contributed by atoms with E-state index in [1.165, 1.54) is 10.4 Å². The number of hydrogen-bond donors (Lipinski definition) is 1. The van der Waals surface area contributed by atoms with Gasteiger partial charge in [-0.25, -0.2) is 4.98 Å². The minimum atomic E-state index is -0.00827. The predicted octanol–water partition coefficient (Wildman–Crippen LogP) is 3.17. The SMILES string of the molecule is CC(=O)N1CCN(c2nc3c(s2)C[C@H](C(=O)Nc2ccc(C)cc2C)CC3)CC1. The number of nitrogens with zero attached hydrogens (tertiary/aromatic N) is 3. The molecule has 154 valence electrons. The summed E-state index contributed by atoms with van der Waals surface area (Å²) in [7, 11) is 0. The van der Waals surface area contributed by atoms with Gasteiger partial charge in [-0.2, -0.15) is 0 Å². The molecule has 2 aliphatic rings. The lowest BCUT2D eigenvalue weighted by atomic mass is 9.90. The average molecular weight is 413 g/mol. The summed E-state index contributed by atoms with van der Waals surface area (Å²) >= 11 is 1.72. The third-order valence-electron chi connectivity index (χ3n) is 5.93. The average Bonchev–Trinajstić information content (AvgIpc) is 3.13. The van der Waals surface area contributed by atoms with Crippen molar-refractivity contribution in [2.75, 3.05) is 36.4 Å². The molecule has 0 spiro atoms. The Morgan fingerprint density at radius 1 is 1.17 bits per heavy atom. The Labute approximate surface area is 175 Å². The normalized spacial score (nSPS) is 19.1. The molecule has 2 amide bonds. The maximum atomic E-state index is 12.8. The summed E-state index contributed by atoms with van der Waals surface area (Å²) in [6.07, 6.45) is 2.45. The number of aromatic nitrogens is 1. The molecule has 0 unspecified atom stereocenters. The molecule has 7 heteroatoms. The lowest BCUT2D eigenvalue weighted by Crippen LogP contribution is -2.48. The zero-order valence-electron chi connectivity index (χ0n) is 17.3. The van der Waals surface area contributed by atoms with Crippen LogP contribution in [0.2, 0.25) is 0 Å². The zero-order valence-corrected chi connectivity index (χ0v) is 18.1. The first-order valence-electron chi connectivity index (χ1n) is 10.3. The third-order valence-corrected chi connectivity index (χ3v) is 7.12. The van der Waals surface area contributed by atoms with Crippen molar-refractivity contribution in [1.29, 1.82) is 0 Å². The second kappa shape index (κ2) is 8.14. The van der Waals surface area contributed by atoms with Crippen LogP contribution in [-0.4, -0.2) is 47.9 Å². The number of thiazole rings is 1. The number of aryl methyl sites for hydroxylation is 3. The summed E-state index contributed by atoms with van der Waals surface area (Å²) in [5, 5.41) is 4.16. The van der Waals surface area contributed by atoms with Gasteiger partial charge in [0.25, 0.3) is 0 Å². The monoisotopic (exact) mass is 412 g/mol. The van der Waals surface area contributed by atoms with Gasteiger partial charge in [-0.1, -0.05) is 17.7 Å². The number of rotatable bonds is 3. The molecule has 1 aliphatic heterocycles. The fourth-order valence-electron chi connectivity index (χ4n) is 4.12. The molecular formula is C22H28N4O2S. The van der Waals surface area contributed by atoms with Gasteiger partial charge in [-0.3, -0.25) is 9.59 Å². The van der Waals surface area contributed by atoms with Gasteiger partial charge in [0.1, 0.15) is 0 Å². The Balaban J connectivity index is 1.40. The summed E-state index contributed by atoms with van der Waals surface area (Å²) in [5.41, 5.74) is 4.35. The van der Waals surface area contributed by atoms with Gasteiger partial charge in [-0.05, 0) is 44.7 Å². The molecule has 4 rings (SSSR count). The van der Waals surface area contributed by atoms with Crippen molar-refractivity contribution >= 4 is 34.0 Å². The van der Waals surface area contributed by atoms with Crippen LogP contribution in [-0.2, 0) is 22.4 Å². The van der Waals surface area contributed by atoms with Crippen molar-refractivity contribution in [1.82, 2.24) is 9.88 Å². The molecular weight excluding hydrogens is 384 g/mol. The van der Waals surface area contributed by atoms with Gasteiger partial charge in [-0.15, -0.1) is 11.3 Å². The number of amides is 2. The number of benzene rings is 1. The molecule has 29 heavy (non-hydrogen) atoms. The van der Waals surface area contributed by atoms with Crippen LogP contribution < -0.4 is 10.2 Å². The molecule has 1 atom stereocenters. The Morgan fingerprint density at radius 2 is 1.93 bits per heavy atom. The van der Waals surface area contributed by atoms with Gasteiger partial charge in [0.15, 0.2) is 5.13 Å². The second-order valence-corrected chi connectivity index (χ2v) is 9.17. The van der Waals surface area contributed by atoms with Crippen LogP contribution >= 0.6 is 11.3 Å². The van der Waals surface area contributed by atoms with E-state index in [9.17, 15) is 9.59 Å². The van der Waals surface area contributed by atoms with E-state index in [2.05, 4.69) is 23.2 Å².